The molecule has 1 heterocycles. The van der Waals surface area contributed by atoms with Crippen LogP contribution in [0.5, 0.6) is 0 Å². The molecule has 0 aliphatic rings. The minimum atomic E-state index is -0.569. The van der Waals surface area contributed by atoms with E-state index in [0.29, 0.717) is 17.6 Å². The van der Waals surface area contributed by atoms with Crippen LogP contribution in [0.3, 0.4) is 0 Å². The lowest BCUT2D eigenvalue weighted by atomic mass is 10.2. The van der Waals surface area contributed by atoms with Gasteiger partial charge in [0.15, 0.2) is 0 Å². The predicted octanol–water partition coefficient (Wildman–Crippen LogP) is 4.28. The van der Waals surface area contributed by atoms with Crippen LogP contribution in [-0.4, -0.2) is 11.0 Å². The topological polar surface area (TPSA) is 24.9 Å². The zero-order chi connectivity index (χ0) is 14.7. The van der Waals surface area contributed by atoms with Crippen molar-refractivity contribution in [1.82, 2.24) is 10.3 Å². The van der Waals surface area contributed by atoms with Crippen molar-refractivity contribution in [2.24, 2.45) is 0 Å². The van der Waals surface area contributed by atoms with Gasteiger partial charge < -0.3 is 5.32 Å². The van der Waals surface area contributed by atoms with Gasteiger partial charge in [-0.05, 0) is 32.4 Å². The number of hydrogen-bond acceptors (Lipinski definition) is 3. The summed E-state index contributed by atoms with van der Waals surface area (Å²) in [6.07, 6.45) is 1.03. The Kier molecular flexibility index (Phi) is 4.83. The molecule has 0 aliphatic carbocycles. The van der Waals surface area contributed by atoms with E-state index < -0.39 is 11.6 Å². The van der Waals surface area contributed by atoms with E-state index in [1.807, 2.05) is 6.92 Å². The molecular weight excluding hydrogens is 278 g/mol. The number of benzene rings is 1. The highest BCUT2D eigenvalue weighted by Crippen LogP contribution is 2.31. The third kappa shape index (κ3) is 3.22. The number of aryl methyl sites for hydroxylation is 1. The number of aromatic nitrogens is 1. The van der Waals surface area contributed by atoms with Gasteiger partial charge in [-0.15, -0.1) is 11.3 Å². The molecule has 5 heteroatoms. The Morgan fingerprint density at radius 1 is 1.30 bits per heavy atom. The van der Waals surface area contributed by atoms with Crippen molar-refractivity contribution in [1.29, 1.82) is 0 Å². The van der Waals surface area contributed by atoms with Crippen LogP contribution in [0.1, 0.15) is 30.8 Å². The standard InChI is InChI=1S/C15H18F2N2S/c1-4-9(2)18-8-13-10(3)19-15(20-13)14-11(16)6-5-7-12(14)17/h5-7,9,18H,4,8H2,1-3H3. The summed E-state index contributed by atoms with van der Waals surface area (Å²) in [6, 6.07) is 4.28. The predicted molar refractivity (Wildman–Crippen MR) is 78.8 cm³/mol. The second-order valence-corrected chi connectivity index (χ2v) is 5.90. The summed E-state index contributed by atoms with van der Waals surface area (Å²) in [5.41, 5.74) is 0.791. The van der Waals surface area contributed by atoms with Gasteiger partial charge in [0.1, 0.15) is 16.6 Å². The van der Waals surface area contributed by atoms with Gasteiger partial charge in [-0.3, -0.25) is 0 Å². The maximum Gasteiger partial charge on any atom is 0.136 e. The van der Waals surface area contributed by atoms with Crippen LogP contribution < -0.4 is 5.32 Å². The SMILES string of the molecule is CCC(C)NCc1sc(-c2c(F)cccc2F)nc1C. The van der Waals surface area contributed by atoms with Crippen LogP contribution in [0, 0.1) is 18.6 Å². The zero-order valence-corrected chi connectivity index (χ0v) is 12.7. The zero-order valence-electron chi connectivity index (χ0n) is 11.8. The highest BCUT2D eigenvalue weighted by molar-refractivity contribution is 7.15. The van der Waals surface area contributed by atoms with E-state index in [2.05, 4.69) is 24.1 Å². The Morgan fingerprint density at radius 3 is 2.55 bits per heavy atom. The largest absolute Gasteiger partial charge is 0.309 e. The van der Waals surface area contributed by atoms with Crippen molar-refractivity contribution in [3.05, 3.63) is 40.4 Å². The third-order valence-corrected chi connectivity index (χ3v) is 4.47. The third-order valence-electron chi connectivity index (χ3n) is 3.29. The molecule has 0 bridgehead atoms. The van der Waals surface area contributed by atoms with Crippen LogP contribution in [0.25, 0.3) is 10.6 Å². The van der Waals surface area contributed by atoms with Crippen molar-refractivity contribution < 1.29 is 8.78 Å². The lowest BCUT2D eigenvalue weighted by Gasteiger charge is -2.09. The first-order valence-corrected chi connectivity index (χ1v) is 7.48. The minimum absolute atomic E-state index is 0.0320. The highest BCUT2D eigenvalue weighted by atomic mass is 32.1. The van der Waals surface area contributed by atoms with Gasteiger partial charge >= 0.3 is 0 Å². The molecule has 1 N–H and O–H groups in total. The van der Waals surface area contributed by atoms with E-state index in [1.165, 1.54) is 29.5 Å². The molecule has 0 spiro atoms. The van der Waals surface area contributed by atoms with Crippen molar-refractivity contribution >= 4 is 11.3 Å². The molecule has 2 aromatic rings. The Morgan fingerprint density at radius 2 is 1.95 bits per heavy atom. The van der Waals surface area contributed by atoms with Crippen molar-refractivity contribution in [3.63, 3.8) is 0 Å². The van der Waals surface area contributed by atoms with Crippen LogP contribution in [0.4, 0.5) is 8.78 Å². The first-order chi connectivity index (χ1) is 9.52. The Hall–Kier alpha value is -1.33. The molecule has 2 nitrogen and oxygen atoms in total. The van der Waals surface area contributed by atoms with E-state index in [0.717, 1.165) is 17.0 Å². The summed E-state index contributed by atoms with van der Waals surface area (Å²) in [7, 11) is 0. The van der Waals surface area contributed by atoms with Gasteiger partial charge in [-0.1, -0.05) is 13.0 Å². The van der Waals surface area contributed by atoms with E-state index in [9.17, 15) is 8.78 Å². The molecule has 0 radical (unpaired) electrons. The van der Waals surface area contributed by atoms with Crippen LogP contribution in [0.15, 0.2) is 18.2 Å². The molecule has 20 heavy (non-hydrogen) atoms. The smallest absolute Gasteiger partial charge is 0.136 e. The fourth-order valence-electron chi connectivity index (χ4n) is 1.81. The average Bonchev–Trinajstić information content (AvgIpc) is 2.77. The van der Waals surface area contributed by atoms with E-state index >= 15 is 0 Å². The minimum Gasteiger partial charge on any atom is -0.309 e. The number of rotatable bonds is 5. The highest BCUT2D eigenvalue weighted by Gasteiger charge is 2.17. The monoisotopic (exact) mass is 296 g/mol. The summed E-state index contributed by atoms with van der Waals surface area (Å²) < 4.78 is 27.5. The second kappa shape index (κ2) is 6.41. The molecule has 1 atom stereocenters. The van der Waals surface area contributed by atoms with Crippen molar-refractivity contribution in [2.45, 2.75) is 39.8 Å². The summed E-state index contributed by atoms with van der Waals surface area (Å²) in [5, 5.41) is 3.77. The molecule has 1 aromatic carbocycles. The first-order valence-electron chi connectivity index (χ1n) is 6.67. The second-order valence-electron chi connectivity index (χ2n) is 4.81. The lowest BCUT2D eigenvalue weighted by Crippen LogP contribution is -2.24. The molecule has 108 valence electrons. The van der Waals surface area contributed by atoms with Gasteiger partial charge in [0.05, 0.1) is 11.3 Å². The molecule has 0 saturated heterocycles. The number of nitrogens with one attached hydrogen (secondary N) is 1. The number of nitrogens with zero attached hydrogens (tertiary/aromatic N) is 1. The van der Waals surface area contributed by atoms with Crippen LogP contribution in [-0.2, 0) is 6.54 Å². The maximum atomic E-state index is 13.8. The summed E-state index contributed by atoms with van der Waals surface area (Å²) in [5.74, 6) is -1.14. The molecule has 1 aromatic heterocycles. The summed E-state index contributed by atoms with van der Waals surface area (Å²) in [4.78, 5) is 5.32. The molecule has 0 saturated carbocycles. The van der Waals surface area contributed by atoms with E-state index in [1.54, 1.807) is 0 Å². The van der Waals surface area contributed by atoms with E-state index in [4.69, 9.17) is 0 Å². The Balaban J connectivity index is 2.27. The first kappa shape index (κ1) is 15.1. The van der Waals surface area contributed by atoms with Gasteiger partial charge in [0, 0.05) is 17.5 Å². The molecular formula is C15H18F2N2S. The number of halogens is 2. The van der Waals surface area contributed by atoms with Crippen molar-refractivity contribution in [3.8, 4) is 10.6 Å². The fourth-order valence-corrected chi connectivity index (χ4v) is 2.87. The lowest BCUT2D eigenvalue weighted by molar-refractivity contribution is 0.536. The Bertz CT molecular complexity index is 575. The van der Waals surface area contributed by atoms with Gasteiger partial charge in [-0.2, -0.15) is 0 Å². The fraction of sp³-hybridized carbons (Fsp3) is 0.400. The van der Waals surface area contributed by atoms with Gasteiger partial charge in [0.2, 0.25) is 0 Å². The molecule has 0 fully saturated rings. The summed E-state index contributed by atoms with van der Waals surface area (Å²) >= 11 is 1.34. The summed E-state index contributed by atoms with van der Waals surface area (Å²) in [6.45, 7) is 6.76. The van der Waals surface area contributed by atoms with Gasteiger partial charge in [-0.25, -0.2) is 13.8 Å². The van der Waals surface area contributed by atoms with Gasteiger partial charge in [0.25, 0.3) is 0 Å². The molecule has 1 unspecified atom stereocenters. The molecule has 2 rings (SSSR count). The average molecular weight is 296 g/mol. The van der Waals surface area contributed by atoms with Crippen molar-refractivity contribution in [2.75, 3.05) is 0 Å². The quantitative estimate of drug-likeness (QED) is 0.890. The maximum absolute atomic E-state index is 13.8. The van der Waals surface area contributed by atoms with Crippen LogP contribution in [0.2, 0.25) is 0 Å². The molecule has 0 amide bonds. The number of thiazole rings is 1. The van der Waals surface area contributed by atoms with Crippen LogP contribution >= 0.6 is 11.3 Å². The number of hydrogen-bond donors (Lipinski definition) is 1. The van der Waals surface area contributed by atoms with E-state index in [-0.39, 0.29) is 5.56 Å². The Labute approximate surface area is 121 Å². The molecule has 0 aliphatic heterocycles. The normalized spacial score (nSPS) is 12.7.